The average molecular weight is 258 g/mol. The third kappa shape index (κ3) is 2.95. The third-order valence-corrected chi connectivity index (χ3v) is 3.62. The number of methoxy groups -OCH3 is 1. The van der Waals surface area contributed by atoms with Crippen LogP contribution in [0.2, 0.25) is 0 Å². The Balaban J connectivity index is 3.31. The summed E-state index contributed by atoms with van der Waals surface area (Å²) in [6, 6.07) is 3.94. The van der Waals surface area contributed by atoms with E-state index in [-0.39, 0.29) is 22.8 Å². The average Bonchev–Trinajstić information content (AvgIpc) is 2.28. The number of hydrogen-bond acceptors (Lipinski definition) is 4. The molecular weight excluding hydrogens is 244 g/mol. The van der Waals surface area contributed by atoms with Crippen LogP contribution in [0, 0.1) is 0 Å². The molecular formula is C10H14N2O4S. The summed E-state index contributed by atoms with van der Waals surface area (Å²) in [5, 5.41) is 0. The summed E-state index contributed by atoms with van der Waals surface area (Å²) >= 11 is 0. The molecule has 1 amide bonds. The molecule has 94 valence electrons. The van der Waals surface area contributed by atoms with E-state index < -0.39 is 15.9 Å². The summed E-state index contributed by atoms with van der Waals surface area (Å²) in [4.78, 5) is 11.1. The minimum absolute atomic E-state index is 0.0195. The molecule has 0 heterocycles. The van der Waals surface area contributed by atoms with Gasteiger partial charge in [0.15, 0.2) is 0 Å². The summed E-state index contributed by atoms with van der Waals surface area (Å²) in [6.45, 7) is 1.93. The Morgan fingerprint density at radius 3 is 2.59 bits per heavy atom. The van der Waals surface area contributed by atoms with Crippen LogP contribution in [-0.4, -0.2) is 28.0 Å². The van der Waals surface area contributed by atoms with Gasteiger partial charge < -0.3 is 10.5 Å². The smallest absolute Gasteiger partial charge is 0.252 e. The highest BCUT2D eigenvalue weighted by Crippen LogP contribution is 2.21. The van der Waals surface area contributed by atoms with Crippen molar-refractivity contribution in [2.75, 3.05) is 13.7 Å². The summed E-state index contributed by atoms with van der Waals surface area (Å²) in [7, 11) is -2.23. The van der Waals surface area contributed by atoms with Crippen molar-refractivity contribution in [2.24, 2.45) is 5.73 Å². The van der Waals surface area contributed by atoms with Gasteiger partial charge in [0.1, 0.15) is 5.75 Å². The van der Waals surface area contributed by atoms with E-state index in [0.29, 0.717) is 0 Å². The fourth-order valence-corrected chi connectivity index (χ4v) is 2.39. The van der Waals surface area contributed by atoms with Gasteiger partial charge in [-0.1, -0.05) is 6.92 Å². The minimum atomic E-state index is -3.60. The number of carbonyl (C=O) groups is 1. The van der Waals surface area contributed by atoms with Crippen molar-refractivity contribution in [3.05, 3.63) is 23.8 Å². The molecule has 0 saturated carbocycles. The zero-order valence-electron chi connectivity index (χ0n) is 9.56. The lowest BCUT2D eigenvalue weighted by molar-refractivity contribution is 0.0997. The molecule has 0 aliphatic rings. The number of ether oxygens (including phenoxy) is 1. The van der Waals surface area contributed by atoms with Crippen LogP contribution in [0.15, 0.2) is 23.1 Å². The molecule has 3 N–H and O–H groups in total. The van der Waals surface area contributed by atoms with Crippen LogP contribution < -0.4 is 15.2 Å². The first kappa shape index (κ1) is 13.5. The Hall–Kier alpha value is -1.60. The molecule has 6 nitrogen and oxygen atoms in total. The maximum atomic E-state index is 11.7. The van der Waals surface area contributed by atoms with Crippen LogP contribution in [0.3, 0.4) is 0 Å². The van der Waals surface area contributed by atoms with Crippen LogP contribution >= 0.6 is 0 Å². The Morgan fingerprint density at radius 1 is 1.47 bits per heavy atom. The zero-order chi connectivity index (χ0) is 13.1. The number of benzene rings is 1. The van der Waals surface area contributed by atoms with Crippen LogP contribution in [-0.2, 0) is 10.0 Å². The van der Waals surface area contributed by atoms with Gasteiger partial charge in [0.25, 0.3) is 5.91 Å². The number of hydrogen-bond donors (Lipinski definition) is 2. The number of carbonyl (C=O) groups excluding carboxylic acids is 1. The van der Waals surface area contributed by atoms with Crippen LogP contribution in [0.4, 0.5) is 0 Å². The number of rotatable bonds is 5. The first-order valence-electron chi connectivity index (χ1n) is 4.90. The highest BCUT2D eigenvalue weighted by Gasteiger charge is 2.17. The summed E-state index contributed by atoms with van der Waals surface area (Å²) in [5.41, 5.74) is 5.18. The Kier molecular flexibility index (Phi) is 4.08. The monoisotopic (exact) mass is 258 g/mol. The van der Waals surface area contributed by atoms with E-state index in [2.05, 4.69) is 4.72 Å². The lowest BCUT2D eigenvalue weighted by Crippen LogP contribution is -2.24. The van der Waals surface area contributed by atoms with Gasteiger partial charge in [0.2, 0.25) is 10.0 Å². The van der Waals surface area contributed by atoms with Gasteiger partial charge in [-0.15, -0.1) is 0 Å². The Labute approximate surface area is 99.8 Å². The molecule has 0 saturated heterocycles. The maximum Gasteiger partial charge on any atom is 0.252 e. The number of primary amides is 1. The molecule has 17 heavy (non-hydrogen) atoms. The number of amides is 1. The van der Waals surface area contributed by atoms with Gasteiger partial charge in [0, 0.05) is 6.54 Å². The van der Waals surface area contributed by atoms with Gasteiger partial charge in [-0.05, 0) is 18.2 Å². The maximum absolute atomic E-state index is 11.7. The van der Waals surface area contributed by atoms with Crippen molar-refractivity contribution < 1.29 is 17.9 Å². The largest absolute Gasteiger partial charge is 0.496 e. The van der Waals surface area contributed by atoms with Gasteiger partial charge in [-0.25, -0.2) is 13.1 Å². The number of sulfonamides is 1. The van der Waals surface area contributed by atoms with Gasteiger partial charge in [0.05, 0.1) is 17.6 Å². The van der Waals surface area contributed by atoms with E-state index in [1.165, 1.54) is 25.3 Å². The van der Waals surface area contributed by atoms with E-state index in [0.717, 1.165) is 0 Å². The second kappa shape index (κ2) is 5.15. The quantitative estimate of drug-likeness (QED) is 0.782. The van der Waals surface area contributed by atoms with Crippen molar-refractivity contribution in [1.82, 2.24) is 4.72 Å². The van der Waals surface area contributed by atoms with E-state index >= 15 is 0 Å². The van der Waals surface area contributed by atoms with E-state index in [1.54, 1.807) is 6.92 Å². The normalized spacial score (nSPS) is 11.2. The molecule has 0 spiro atoms. The SMILES string of the molecule is CCNS(=O)(=O)c1ccc(OC)c(C(N)=O)c1. The first-order chi connectivity index (χ1) is 7.92. The highest BCUT2D eigenvalue weighted by molar-refractivity contribution is 7.89. The molecule has 0 atom stereocenters. The molecule has 0 fully saturated rings. The van der Waals surface area contributed by atoms with Crippen LogP contribution in [0.25, 0.3) is 0 Å². The molecule has 1 aromatic carbocycles. The topological polar surface area (TPSA) is 98.5 Å². The standard InChI is InChI=1S/C10H14N2O4S/c1-3-12-17(14,15)7-4-5-9(16-2)8(6-7)10(11)13/h4-6,12H,3H2,1-2H3,(H2,11,13). The summed E-state index contributed by atoms with van der Waals surface area (Å²) in [5.74, 6) is -0.497. The minimum Gasteiger partial charge on any atom is -0.496 e. The molecule has 7 heteroatoms. The molecule has 0 aliphatic carbocycles. The van der Waals surface area contributed by atoms with E-state index in [9.17, 15) is 13.2 Å². The second-order valence-corrected chi connectivity index (χ2v) is 4.99. The zero-order valence-corrected chi connectivity index (χ0v) is 10.4. The van der Waals surface area contributed by atoms with Crippen molar-refractivity contribution in [3.8, 4) is 5.75 Å². The highest BCUT2D eigenvalue weighted by atomic mass is 32.2. The molecule has 0 aromatic heterocycles. The molecule has 0 radical (unpaired) electrons. The predicted octanol–water partition coefficient (Wildman–Crippen LogP) is 0.0923. The Morgan fingerprint density at radius 2 is 2.12 bits per heavy atom. The fraction of sp³-hybridized carbons (Fsp3) is 0.300. The molecule has 0 aliphatic heterocycles. The van der Waals surface area contributed by atoms with Crippen LogP contribution in [0.5, 0.6) is 5.75 Å². The van der Waals surface area contributed by atoms with E-state index in [1.807, 2.05) is 0 Å². The molecule has 1 aromatic rings. The van der Waals surface area contributed by atoms with Crippen LogP contribution in [0.1, 0.15) is 17.3 Å². The summed E-state index contributed by atoms with van der Waals surface area (Å²) < 4.78 is 30.6. The predicted molar refractivity (Wildman–Crippen MR) is 62.4 cm³/mol. The van der Waals surface area contributed by atoms with Gasteiger partial charge in [-0.2, -0.15) is 0 Å². The number of nitrogens with two attached hydrogens (primary N) is 1. The summed E-state index contributed by atoms with van der Waals surface area (Å²) in [6.07, 6.45) is 0. The Bertz CT molecular complexity index is 525. The lowest BCUT2D eigenvalue weighted by atomic mass is 10.2. The fourth-order valence-electron chi connectivity index (χ4n) is 1.32. The number of nitrogens with one attached hydrogen (secondary N) is 1. The van der Waals surface area contributed by atoms with Crippen molar-refractivity contribution in [3.63, 3.8) is 0 Å². The van der Waals surface area contributed by atoms with E-state index in [4.69, 9.17) is 10.5 Å². The first-order valence-corrected chi connectivity index (χ1v) is 6.38. The second-order valence-electron chi connectivity index (χ2n) is 3.23. The lowest BCUT2D eigenvalue weighted by Gasteiger charge is -2.09. The third-order valence-electron chi connectivity index (χ3n) is 2.08. The molecule has 0 bridgehead atoms. The molecule has 1 rings (SSSR count). The van der Waals surface area contributed by atoms with Crippen molar-refractivity contribution >= 4 is 15.9 Å². The molecule has 0 unspecified atom stereocenters. The van der Waals surface area contributed by atoms with Crippen molar-refractivity contribution in [2.45, 2.75) is 11.8 Å². The van der Waals surface area contributed by atoms with Gasteiger partial charge in [-0.3, -0.25) is 4.79 Å². The van der Waals surface area contributed by atoms with Gasteiger partial charge >= 0.3 is 0 Å². The van der Waals surface area contributed by atoms with Crippen molar-refractivity contribution in [1.29, 1.82) is 0 Å².